The fraction of sp³-hybridized carbons (Fsp3) is 0.412. The largest absolute Gasteiger partial charge is 0.492 e. The van der Waals surface area contributed by atoms with Crippen molar-refractivity contribution < 1.29 is 19.0 Å². The van der Waals surface area contributed by atoms with Gasteiger partial charge in [-0.2, -0.15) is 0 Å². The lowest BCUT2D eigenvalue weighted by atomic mass is 10.2. The number of nitro groups is 1. The minimum absolute atomic E-state index is 0.186. The number of benzene rings is 1. The summed E-state index contributed by atoms with van der Waals surface area (Å²) >= 11 is 0. The first-order valence-electron chi connectivity index (χ1n) is 8.21. The predicted molar refractivity (Wildman–Crippen MR) is 89.6 cm³/mol. The van der Waals surface area contributed by atoms with Crippen LogP contribution in [0, 0.1) is 10.1 Å². The van der Waals surface area contributed by atoms with Gasteiger partial charge >= 0.3 is 5.88 Å². The molecule has 128 valence electrons. The zero-order valence-electron chi connectivity index (χ0n) is 13.7. The lowest BCUT2D eigenvalue weighted by Gasteiger charge is -2.34. The van der Waals surface area contributed by atoms with Crippen molar-refractivity contribution in [3.05, 3.63) is 52.3 Å². The van der Waals surface area contributed by atoms with Gasteiger partial charge in [0.05, 0.1) is 44.5 Å². The Labute approximate surface area is 140 Å². The Kier molecular flexibility index (Phi) is 5.00. The van der Waals surface area contributed by atoms with Crippen molar-refractivity contribution >= 4 is 11.6 Å². The van der Waals surface area contributed by atoms with Gasteiger partial charge in [0.25, 0.3) is 0 Å². The molecule has 0 aliphatic carbocycles. The van der Waals surface area contributed by atoms with Crippen LogP contribution in [0.2, 0.25) is 0 Å². The van der Waals surface area contributed by atoms with E-state index in [2.05, 4.69) is 11.0 Å². The van der Waals surface area contributed by atoms with Gasteiger partial charge in [-0.1, -0.05) is 12.1 Å². The molecule has 7 nitrogen and oxygen atoms in total. The van der Waals surface area contributed by atoms with E-state index < -0.39 is 4.92 Å². The number of hydrogen-bond donors (Lipinski definition) is 1. The van der Waals surface area contributed by atoms with E-state index in [0.29, 0.717) is 18.9 Å². The molecule has 0 spiro atoms. The Morgan fingerprint density at radius 2 is 2.00 bits per heavy atom. The molecule has 0 unspecified atom stereocenters. The summed E-state index contributed by atoms with van der Waals surface area (Å²) in [6.07, 6.45) is 0. The summed E-state index contributed by atoms with van der Waals surface area (Å²) in [6.45, 7) is 7.06. The van der Waals surface area contributed by atoms with Crippen molar-refractivity contribution in [3.63, 3.8) is 0 Å². The number of hydrogen-bond acceptors (Lipinski definition) is 5. The van der Waals surface area contributed by atoms with Gasteiger partial charge in [-0.05, 0) is 25.1 Å². The molecule has 7 heteroatoms. The minimum atomic E-state index is -0.499. The van der Waals surface area contributed by atoms with Crippen LogP contribution in [-0.4, -0.2) is 37.7 Å². The average molecular weight is 332 g/mol. The number of quaternary nitrogens is 1. The molecule has 1 N–H and O–H groups in total. The Balaban J connectivity index is 1.58. The van der Waals surface area contributed by atoms with E-state index in [1.807, 2.05) is 25.1 Å². The fourth-order valence-electron chi connectivity index (χ4n) is 3.04. The van der Waals surface area contributed by atoms with Gasteiger partial charge in [0.2, 0.25) is 0 Å². The van der Waals surface area contributed by atoms with Gasteiger partial charge in [0, 0.05) is 0 Å². The highest BCUT2D eigenvalue weighted by Gasteiger charge is 2.24. The third-order valence-electron chi connectivity index (χ3n) is 4.23. The van der Waals surface area contributed by atoms with E-state index in [9.17, 15) is 10.1 Å². The van der Waals surface area contributed by atoms with Crippen LogP contribution in [0.1, 0.15) is 12.7 Å². The van der Waals surface area contributed by atoms with Crippen molar-refractivity contribution in [3.8, 4) is 5.75 Å². The predicted octanol–water partition coefficient (Wildman–Crippen LogP) is 1.49. The van der Waals surface area contributed by atoms with Crippen LogP contribution in [0.5, 0.6) is 5.75 Å². The molecule has 2 aromatic rings. The smallest absolute Gasteiger partial charge is 0.433 e. The topological polar surface area (TPSA) is 73.2 Å². The van der Waals surface area contributed by atoms with Crippen molar-refractivity contribution in [2.75, 3.05) is 37.7 Å². The minimum Gasteiger partial charge on any atom is -0.492 e. The zero-order valence-corrected chi connectivity index (χ0v) is 13.7. The maximum absolute atomic E-state index is 10.7. The summed E-state index contributed by atoms with van der Waals surface area (Å²) in [5, 5.41) is 10.7. The normalized spacial score (nSPS) is 15.5. The van der Waals surface area contributed by atoms with E-state index in [1.165, 1.54) is 11.0 Å². The second kappa shape index (κ2) is 7.35. The van der Waals surface area contributed by atoms with E-state index in [4.69, 9.17) is 9.15 Å². The first-order valence-corrected chi connectivity index (χ1v) is 8.21. The van der Waals surface area contributed by atoms with E-state index in [-0.39, 0.29) is 5.88 Å². The molecular weight excluding hydrogens is 310 g/mol. The quantitative estimate of drug-likeness (QED) is 0.641. The molecule has 1 aliphatic rings. The van der Waals surface area contributed by atoms with Gasteiger partial charge in [0.15, 0.2) is 5.76 Å². The molecule has 1 aromatic heterocycles. The summed E-state index contributed by atoms with van der Waals surface area (Å²) in [7, 11) is 0. The van der Waals surface area contributed by atoms with Gasteiger partial charge < -0.3 is 19.0 Å². The van der Waals surface area contributed by atoms with Gasteiger partial charge in [-0.15, -0.1) is 0 Å². The van der Waals surface area contributed by atoms with Crippen LogP contribution in [0.25, 0.3) is 0 Å². The number of piperazine rings is 1. The number of rotatable bonds is 6. The summed E-state index contributed by atoms with van der Waals surface area (Å²) in [5.41, 5.74) is 1.13. The van der Waals surface area contributed by atoms with Gasteiger partial charge in [0.1, 0.15) is 17.2 Å². The molecule has 1 fully saturated rings. The second-order valence-corrected chi connectivity index (χ2v) is 5.81. The summed E-state index contributed by atoms with van der Waals surface area (Å²) in [4.78, 5) is 13.9. The second-order valence-electron chi connectivity index (χ2n) is 5.81. The number of furan rings is 1. The van der Waals surface area contributed by atoms with Crippen LogP contribution < -0.4 is 14.5 Å². The highest BCUT2D eigenvalue weighted by atomic mass is 16.6. The van der Waals surface area contributed by atoms with Crippen molar-refractivity contribution in [2.24, 2.45) is 0 Å². The fourth-order valence-corrected chi connectivity index (χ4v) is 3.04. The first kappa shape index (κ1) is 16.3. The lowest BCUT2D eigenvalue weighted by molar-refractivity contribution is -0.915. The molecule has 1 aliphatic heterocycles. The number of nitrogens with zero attached hydrogens (tertiary/aromatic N) is 2. The lowest BCUT2D eigenvalue weighted by Crippen LogP contribution is -3.13. The van der Waals surface area contributed by atoms with Crippen LogP contribution in [-0.2, 0) is 6.54 Å². The Morgan fingerprint density at radius 1 is 1.25 bits per heavy atom. The zero-order chi connectivity index (χ0) is 16.9. The maximum Gasteiger partial charge on any atom is 0.433 e. The number of ether oxygens (including phenoxy) is 1. The summed E-state index contributed by atoms with van der Waals surface area (Å²) < 4.78 is 11.0. The van der Waals surface area contributed by atoms with Crippen molar-refractivity contribution in [2.45, 2.75) is 13.5 Å². The molecule has 3 rings (SSSR count). The molecule has 1 saturated heterocycles. The first-order chi connectivity index (χ1) is 11.7. The third-order valence-corrected chi connectivity index (χ3v) is 4.23. The number of anilines is 1. The number of nitrogens with one attached hydrogen (secondary N) is 1. The third kappa shape index (κ3) is 3.68. The molecule has 24 heavy (non-hydrogen) atoms. The molecule has 0 amide bonds. The van der Waals surface area contributed by atoms with Crippen LogP contribution in [0.3, 0.4) is 0 Å². The monoisotopic (exact) mass is 332 g/mol. The van der Waals surface area contributed by atoms with Crippen LogP contribution >= 0.6 is 0 Å². The van der Waals surface area contributed by atoms with Gasteiger partial charge in [-0.25, -0.2) is 0 Å². The standard InChI is InChI=1S/C17H21N3O4/c1-2-23-16-6-4-3-5-15(16)19-11-9-18(10-12-19)13-14-7-8-17(24-14)20(21)22/h3-8H,2,9-13H2,1H3/p+1. The molecule has 0 saturated carbocycles. The van der Waals surface area contributed by atoms with Crippen LogP contribution in [0.4, 0.5) is 11.6 Å². The molecule has 0 atom stereocenters. The summed E-state index contributed by atoms with van der Waals surface area (Å²) in [5.74, 6) is 1.40. The van der Waals surface area contributed by atoms with E-state index >= 15 is 0 Å². The molecular formula is C17H22N3O4+. The Morgan fingerprint density at radius 3 is 2.67 bits per heavy atom. The SMILES string of the molecule is CCOc1ccccc1N1CC[NH+](Cc2ccc([N+](=O)[O-])o2)CC1. The molecule has 0 bridgehead atoms. The molecule has 2 heterocycles. The Bertz CT molecular complexity index is 693. The van der Waals surface area contributed by atoms with Crippen LogP contribution in [0.15, 0.2) is 40.8 Å². The Hall–Kier alpha value is -2.54. The molecule has 0 radical (unpaired) electrons. The average Bonchev–Trinajstić information content (AvgIpc) is 3.05. The van der Waals surface area contributed by atoms with E-state index in [0.717, 1.165) is 37.6 Å². The van der Waals surface area contributed by atoms with E-state index in [1.54, 1.807) is 6.07 Å². The van der Waals surface area contributed by atoms with Gasteiger partial charge in [-0.3, -0.25) is 10.1 Å². The number of para-hydroxylation sites is 2. The highest BCUT2D eigenvalue weighted by molar-refractivity contribution is 5.58. The van der Waals surface area contributed by atoms with Crippen molar-refractivity contribution in [1.82, 2.24) is 0 Å². The molecule has 1 aromatic carbocycles. The highest BCUT2D eigenvalue weighted by Crippen LogP contribution is 2.27. The maximum atomic E-state index is 10.7. The summed E-state index contributed by atoms with van der Waals surface area (Å²) in [6, 6.07) is 11.2. The van der Waals surface area contributed by atoms with Crippen molar-refractivity contribution in [1.29, 1.82) is 0 Å².